The van der Waals surface area contributed by atoms with Crippen LogP contribution in [0, 0.1) is 31.4 Å². The van der Waals surface area contributed by atoms with Crippen molar-refractivity contribution in [1.82, 2.24) is 19.1 Å². The highest BCUT2D eigenvalue weighted by Gasteiger charge is 2.23. The molecule has 0 spiro atoms. The monoisotopic (exact) mass is 397 g/mol. The summed E-state index contributed by atoms with van der Waals surface area (Å²) in [6, 6.07) is 4.59. The highest BCUT2D eigenvalue weighted by Crippen LogP contribution is 2.34. The number of fused-ring (bicyclic) bond motifs is 1. The van der Waals surface area contributed by atoms with Crippen molar-refractivity contribution < 1.29 is 8.60 Å². The Hall–Kier alpha value is -3.00. The predicted octanol–water partition coefficient (Wildman–Crippen LogP) is 4.29. The van der Waals surface area contributed by atoms with E-state index in [9.17, 15) is 8.60 Å². The minimum Gasteiger partial charge on any atom is -0.349 e. The second-order valence-corrected chi connectivity index (χ2v) is 9.00. The van der Waals surface area contributed by atoms with E-state index in [-0.39, 0.29) is 5.82 Å². The Kier molecular flexibility index (Phi) is 4.11. The molecule has 6 nitrogen and oxygen atoms in total. The number of hydrogen-bond donors (Lipinski definition) is 1. The summed E-state index contributed by atoms with van der Waals surface area (Å²) in [5.74, 6) is 0.292. The summed E-state index contributed by atoms with van der Waals surface area (Å²) in [5.41, 5.74) is 2.84. The van der Waals surface area contributed by atoms with Gasteiger partial charge in [-0.3, -0.25) is 4.57 Å². The molecule has 4 rings (SSSR count). The van der Waals surface area contributed by atoms with Crippen molar-refractivity contribution in [3.05, 3.63) is 65.8 Å². The number of hydrogen-bond acceptors (Lipinski definition) is 4. The summed E-state index contributed by atoms with van der Waals surface area (Å²) in [6.45, 7) is 5.47. The number of imidazole rings is 1. The first kappa shape index (κ1) is 18.4. The SMILES string of the molecule is Cc1cn(-c2cc(C)c(S(=N)(=O)c3cn(C)c4cc(F)cc(C)c34)cn2)cn1. The van der Waals surface area contributed by atoms with Gasteiger partial charge in [-0.2, -0.15) is 0 Å². The molecule has 144 valence electrons. The molecule has 8 heteroatoms. The van der Waals surface area contributed by atoms with Gasteiger partial charge in [-0.05, 0) is 50.1 Å². The van der Waals surface area contributed by atoms with Crippen LogP contribution in [-0.4, -0.2) is 23.3 Å². The first-order valence-electron chi connectivity index (χ1n) is 8.70. The summed E-state index contributed by atoms with van der Waals surface area (Å²) >= 11 is 0. The zero-order valence-electron chi connectivity index (χ0n) is 16.0. The van der Waals surface area contributed by atoms with Crippen LogP contribution < -0.4 is 0 Å². The van der Waals surface area contributed by atoms with Crippen LogP contribution in [0.2, 0.25) is 0 Å². The lowest BCUT2D eigenvalue weighted by Crippen LogP contribution is -2.05. The maximum absolute atomic E-state index is 13.8. The van der Waals surface area contributed by atoms with Crippen molar-refractivity contribution in [2.45, 2.75) is 30.6 Å². The van der Waals surface area contributed by atoms with Crippen molar-refractivity contribution in [2.24, 2.45) is 7.05 Å². The molecule has 28 heavy (non-hydrogen) atoms. The van der Waals surface area contributed by atoms with E-state index in [2.05, 4.69) is 9.97 Å². The van der Waals surface area contributed by atoms with Gasteiger partial charge >= 0.3 is 0 Å². The van der Waals surface area contributed by atoms with Crippen LogP contribution in [0.3, 0.4) is 0 Å². The van der Waals surface area contributed by atoms with E-state index in [0.29, 0.717) is 37.6 Å². The Morgan fingerprint density at radius 1 is 1.04 bits per heavy atom. The molecule has 0 radical (unpaired) electrons. The molecule has 4 aromatic rings. The van der Waals surface area contributed by atoms with Gasteiger partial charge in [0.15, 0.2) is 0 Å². The molecule has 1 aromatic carbocycles. The van der Waals surface area contributed by atoms with Gasteiger partial charge < -0.3 is 4.57 Å². The van der Waals surface area contributed by atoms with Crippen molar-refractivity contribution in [2.75, 3.05) is 0 Å². The summed E-state index contributed by atoms with van der Waals surface area (Å²) < 4.78 is 39.7. The minimum atomic E-state index is -3.34. The van der Waals surface area contributed by atoms with Gasteiger partial charge in [-0.25, -0.2) is 23.3 Å². The standard InChI is InChI=1S/C20H20FN5OS/c1-12-6-19(26-9-14(3)24-11-26)23-8-17(12)28(22,27)18-10-25(4)16-7-15(21)5-13(2)20(16)18/h5-11,22H,1-4H3. The minimum absolute atomic E-state index is 0.351. The highest BCUT2D eigenvalue weighted by molar-refractivity contribution is 7.92. The Labute approximate surface area is 162 Å². The summed E-state index contributed by atoms with van der Waals surface area (Å²) in [5, 5.41) is 0.651. The van der Waals surface area contributed by atoms with Gasteiger partial charge in [0, 0.05) is 31.0 Å². The van der Waals surface area contributed by atoms with Crippen molar-refractivity contribution >= 4 is 20.6 Å². The second kappa shape index (κ2) is 6.27. The van der Waals surface area contributed by atoms with Crippen LogP contribution in [0.25, 0.3) is 16.7 Å². The molecule has 0 aliphatic heterocycles. The molecule has 1 unspecified atom stereocenters. The van der Waals surface area contributed by atoms with Gasteiger partial charge in [0.1, 0.15) is 27.7 Å². The molecule has 0 aliphatic carbocycles. The van der Waals surface area contributed by atoms with Crippen LogP contribution in [0.5, 0.6) is 0 Å². The maximum atomic E-state index is 13.8. The molecule has 0 saturated carbocycles. The highest BCUT2D eigenvalue weighted by atomic mass is 32.2. The van der Waals surface area contributed by atoms with E-state index in [1.165, 1.54) is 18.3 Å². The molecule has 3 aromatic heterocycles. The molecule has 1 atom stereocenters. The number of nitrogens with one attached hydrogen (secondary N) is 1. The lowest BCUT2D eigenvalue weighted by molar-refractivity contribution is 0.627. The molecule has 0 bridgehead atoms. The van der Waals surface area contributed by atoms with Crippen molar-refractivity contribution in [1.29, 1.82) is 4.78 Å². The summed E-state index contributed by atoms with van der Waals surface area (Å²) in [7, 11) is -1.58. The van der Waals surface area contributed by atoms with Crippen LogP contribution in [-0.2, 0) is 16.8 Å². The third kappa shape index (κ3) is 2.80. The predicted molar refractivity (Wildman–Crippen MR) is 106 cm³/mol. The topological polar surface area (TPSA) is 76.6 Å². The smallest absolute Gasteiger partial charge is 0.138 e. The van der Waals surface area contributed by atoms with Gasteiger partial charge in [-0.1, -0.05) is 0 Å². The molecule has 0 aliphatic rings. The molecule has 1 N–H and O–H groups in total. The van der Waals surface area contributed by atoms with Crippen LogP contribution in [0.15, 0.2) is 52.9 Å². The number of pyridine rings is 1. The average molecular weight is 397 g/mol. The number of benzene rings is 1. The third-order valence-corrected chi connectivity index (χ3v) is 6.84. The van der Waals surface area contributed by atoms with Gasteiger partial charge in [0.25, 0.3) is 0 Å². The normalized spacial score (nSPS) is 13.8. The number of aryl methyl sites for hydroxylation is 4. The quantitative estimate of drug-likeness (QED) is 0.560. The van der Waals surface area contributed by atoms with Crippen LogP contribution in [0.1, 0.15) is 16.8 Å². The average Bonchev–Trinajstić information content (AvgIpc) is 3.19. The number of halogens is 1. The van der Waals surface area contributed by atoms with E-state index in [4.69, 9.17) is 4.78 Å². The van der Waals surface area contributed by atoms with Crippen molar-refractivity contribution in [3.8, 4) is 5.82 Å². The zero-order valence-corrected chi connectivity index (χ0v) is 16.8. The molecule has 3 heterocycles. The Morgan fingerprint density at radius 3 is 2.43 bits per heavy atom. The molecular formula is C20H20FN5OS. The van der Waals surface area contributed by atoms with E-state index < -0.39 is 9.73 Å². The van der Waals surface area contributed by atoms with E-state index in [1.54, 1.807) is 41.7 Å². The van der Waals surface area contributed by atoms with E-state index in [0.717, 1.165) is 5.69 Å². The van der Waals surface area contributed by atoms with E-state index >= 15 is 0 Å². The zero-order chi connectivity index (χ0) is 20.2. The Balaban J connectivity index is 1.89. The molecule has 0 fully saturated rings. The Morgan fingerprint density at radius 2 is 1.79 bits per heavy atom. The number of nitrogens with zero attached hydrogens (tertiary/aromatic N) is 4. The number of rotatable bonds is 3. The fourth-order valence-electron chi connectivity index (χ4n) is 3.49. The first-order chi connectivity index (χ1) is 13.2. The summed E-state index contributed by atoms with van der Waals surface area (Å²) in [4.78, 5) is 9.31. The number of aromatic nitrogens is 4. The van der Waals surface area contributed by atoms with Crippen LogP contribution >= 0.6 is 0 Å². The third-order valence-electron chi connectivity index (χ3n) is 4.86. The first-order valence-corrected chi connectivity index (χ1v) is 10.3. The molecule has 0 saturated heterocycles. The lowest BCUT2D eigenvalue weighted by Gasteiger charge is -2.12. The fourth-order valence-corrected chi connectivity index (χ4v) is 5.30. The van der Waals surface area contributed by atoms with Gasteiger partial charge in [0.05, 0.1) is 21.0 Å². The lowest BCUT2D eigenvalue weighted by atomic mass is 10.1. The Bertz CT molecular complexity index is 1330. The molecular weight excluding hydrogens is 377 g/mol. The van der Waals surface area contributed by atoms with E-state index in [1.807, 2.05) is 20.0 Å². The largest absolute Gasteiger partial charge is 0.349 e. The fraction of sp³-hybridized carbons (Fsp3) is 0.200. The van der Waals surface area contributed by atoms with Gasteiger partial charge in [0.2, 0.25) is 0 Å². The maximum Gasteiger partial charge on any atom is 0.138 e. The van der Waals surface area contributed by atoms with Gasteiger partial charge in [-0.15, -0.1) is 0 Å². The second-order valence-electron chi connectivity index (χ2n) is 7.01. The summed E-state index contributed by atoms with van der Waals surface area (Å²) in [6.07, 6.45) is 6.66. The van der Waals surface area contributed by atoms with Crippen LogP contribution in [0.4, 0.5) is 4.39 Å². The van der Waals surface area contributed by atoms with Crippen molar-refractivity contribution in [3.63, 3.8) is 0 Å². The molecule has 0 amide bonds.